The molecule has 0 unspecified atom stereocenters. The van der Waals surface area contributed by atoms with Crippen molar-refractivity contribution >= 4 is 34.4 Å². The summed E-state index contributed by atoms with van der Waals surface area (Å²) in [7, 11) is 0. The summed E-state index contributed by atoms with van der Waals surface area (Å²) in [4.78, 5) is 28.7. The molecule has 1 fully saturated rings. The summed E-state index contributed by atoms with van der Waals surface area (Å²) in [5.41, 5.74) is 0.957. The lowest BCUT2D eigenvalue weighted by Gasteiger charge is -2.27. The second-order valence-electron chi connectivity index (χ2n) is 6.94. The van der Waals surface area contributed by atoms with Gasteiger partial charge in [-0.1, -0.05) is 11.6 Å². The van der Waals surface area contributed by atoms with Crippen LogP contribution in [0.2, 0.25) is 5.02 Å². The number of hydrogen-bond donors (Lipinski definition) is 3. The minimum Gasteiger partial charge on any atom is -0.390 e. The van der Waals surface area contributed by atoms with Gasteiger partial charge >= 0.3 is 6.18 Å². The zero-order valence-corrected chi connectivity index (χ0v) is 16.4. The first-order valence-corrected chi connectivity index (χ1v) is 9.46. The first kappa shape index (κ1) is 21.2. The SMILES string of the molecule is O=C(NCC(F)(F)F)[C@@H]1[C@@H](O)CCN1c1nc(-c2c[nH]c3ncc(Cl)cc23)ncc1F.[HH]. The summed E-state index contributed by atoms with van der Waals surface area (Å²) in [6.07, 6.45) is -1.97. The number of halogens is 5. The molecule has 0 saturated carbocycles. The molecule has 1 aliphatic rings. The summed E-state index contributed by atoms with van der Waals surface area (Å²) in [5, 5.41) is 12.8. The van der Waals surface area contributed by atoms with Gasteiger partial charge < -0.3 is 20.3 Å². The molecule has 3 N–H and O–H groups in total. The number of aliphatic hydroxyl groups is 1. The van der Waals surface area contributed by atoms with E-state index in [1.807, 2.05) is 0 Å². The topological polar surface area (TPSA) is 107 Å². The van der Waals surface area contributed by atoms with Gasteiger partial charge in [0.2, 0.25) is 5.91 Å². The maximum Gasteiger partial charge on any atom is 0.405 e. The number of aliphatic hydroxyl groups excluding tert-OH is 1. The van der Waals surface area contributed by atoms with Gasteiger partial charge in [0, 0.05) is 31.3 Å². The number of alkyl halides is 3. The molecular weight excluding hydrogens is 444 g/mol. The maximum atomic E-state index is 14.6. The molecule has 0 spiro atoms. The molecule has 13 heteroatoms. The molecule has 3 aromatic rings. The Bertz CT molecular complexity index is 1140. The van der Waals surface area contributed by atoms with Crippen LogP contribution in [0.25, 0.3) is 22.4 Å². The van der Waals surface area contributed by atoms with E-state index < -0.39 is 36.6 Å². The number of nitrogens with zero attached hydrogens (tertiary/aromatic N) is 4. The third-order valence-electron chi connectivity index (χ3n) is 4.83. The fourth-order valence-corrected chi connectivity index (χ4v) is 3.63. The van der Waals surface area contributed by atoms with E-state index in [0.717, 1.165) is 11.1 Å². The highest BCUT2D eigenvalue weighted by atomic mass is 35.5. The third-order valence-corrected chi connectivity index (χ3v) is 5.04. The highest BCUT2D eigenvalue weighted by Gasteiger charge is 2.41. The quantitative estimate of drug-likeness (QED) is 0.517. The van der Waals surface area contributed by atoms with E-state index in [1.165, 1.54) is 6.20 Å². The first-order chi connectivity index (χ1) is 14.6. The van der Waals surface area contributed by atoms with Crippen LogP contribution >= 0.6 is 11.6 Å². The Labute approximate surface area is 178 Å². The van der Waals surface area contributed by atoms with Crippen molar-refractivity contribution in [2.45, 2.75) is 24.7 Å². The van der Waals surface area contributed by atoms with E-state index in [-0.39, 0.29) is 26.0 Å². The Morgan fingerprint density at radius 3 is 2.90 bits per heavy atom. The molecule has 0 aromatic carbocycles. The number of aromatic nitrogens is 4. The zero-order chi connectivity index (χ0) is 22.3. The standard InChI is InChI=1S/C18H15ClF4N6O2.H2/c19-8-3-9-10(5-25-14(9)24-4-8)15-26-6-11(20)16(28-15)29-2-1-12(30)13(29)17(31)27-7-18(21,22)23;/h3-6,12-13,30H,1-2,7H2,(H,24,25)(H,27,31);1H/t12-,13-;/m0./s1. The number of rotatable bonds is 4. The number of aromatic amines is 1. The number of carbonyl (C=O) groups is 1. The van der Waals surface area contributed by atoms with Gasteiger partial charge in [0.05, 0.1) is 17.3 Å². The van der Waals surface area contributed by atoms with Crippen molar-refractivity contribution in [3.8, 4) is 11.4 Å². The first-order valence-electron chi connectivity index (χ1n) is 9.09. The Morgan fingerprint density at radius 2 is 2.16 bits per heavy atom. The van der Waals surface area contributed by atoms with Gasteiger partial charge in [-0.05, 0) is 12.5 Å². The summed E-state index contributed by atoms with van der Waals surface area (Å²) >= 11 is 5.99. The van der Waals surface area contributed by atoms with Crippen molar-refractivity contribution in [2.75, 3.05) is 18.0 Å². The van der Waals surface area contributed by atoms with Crippen molar-refractivity contribution < 1.29 is 28.9 Å². The number of hydrogen-bond acceptors (Lipinski definition) is 6. The molecule has 1 saturated heterocycles. The fraction of sp³-hybridized carbons (Fsp3) is 0.333. The monoisotopic (exact) mass is 460 g/mol. The second-order valence-corrected chi connectivity index (χ2v) is 7.38. The lowest BCUT2D eigenvalue weighted by molar-refractivity contribution is -0.140. The molecular formula is C18H17ClF4N6O2. The number of pyridine rings is 1. The molecule has 0 aliphatic carbocycles. The average molecular weight is 461 g/mol. The molecule has 0 radical (unpaired) electrons. The van der Waals surface area contributed by atoms with Gasteiger partial charge in [0.1, 0.15) is 18.2 Å². The van der Waals surface area contributed by atoms with E-state index in [1.54, 1.807) is 17.6 Å². The van der Waals surface area contributed by atoms with Crippen molar-refractivity contribution in [3.05, 3.63) is 35.5 Å². The maximum absolute atomic E-state index is 14.6. The van der Waals surface area contributed by atoms with Gasteiger partial charge in [-0.25, -0.2) is 19.3 Å². The highest BCUT2D eigenvalue weighted by molar-refractivity contribution is 6.31. The van der Waals surface area contributed by atoms with Crippen LogP contribution < -0.4 is 10.2 Å². The minimum atomic E-state index is -4.62. The Kier molecular flexibility index (Phi) is 5.43. The molecule has 2 atom stereocenters. The molecule has 4 rings (SSSR count). The van der Waals surface area contributed by atoms with Crippen LogP contribution in [0.5, 0.6) is 0 Å². The molecule has 1 amide bonds. The van der Waals surface area contributed by atoms with Crippen molar-refractivity contribution in [1.29, 1.82) is 0 Å². The molecule has 4 heterocycles. The van der Waals surface area contributed by atoms with Crippen LogP contribution in [0.1, 0.15) is 7.85 Å². The molecule has 8 nitrogen and oxygen atoms in total. The van der Waals surface area contributed by atoms with Gasteiger partial charge in [-0.3, -0.25) is 4.79 Å². The Balaban J connectivity index is 0.00000289. The van der Waals surface area contributed by atoms with Gasteiger partial charge in [-0.2, -0.15) is 13.2 Å². The van der Waals surface area contributed by atoms with Crippen LogP contribution in [-0.2, 0) is 4.79 Å². The van der Waals surface area contributed by atoms with E-state index in [2.05, 4.69) is 19.9 Å². The highest BCUT2D eigenvalue weighted by Crippen LogP contribution is 2.31. The number of carbonyl (C=O) groups excluding carboxylic acids is 1. The normalized spacial score (nSPS) is 19.2. The molecule has 3 aromatic heterocycles. The van der Waals surface area contributed by atoms with Crippen molar-refractivity contribution in [2.24, 2.45) is 0 Å². The van der Waals surface area contributed by atoms with Gasteiger partial charge in [-0.15, -0.1) is 0 Å². The van der Waals surface area contributed by atoms with Crippen molar-refractivity contribution in [3.63, 3.8) is 0 Å². The lowest BCUT2D eigenvalue weighted by atomic mass is 10.1. The molecule has 0 bridgehead atoms. The number of anilines is 1. The van der Waals surface area contributed by atoms with Crippen LogP contribution in [0, 0.1) is 5.82 Å². The van der Waals surface area contributed by atoms with E-state index >= 15 is 0 Å². The van der Waals surface area contributed by atoms with Crippen molar-refractivity contribution in [1.82, 2.24) is 25.3 Å². The molecule has 166 valence electrons. The number of H-pyrrole nitrogens is 1. The smallest absolute Gasteiger partial charge is 0.390 e. The average Bonchev–Trinajstić information content (AvgIpc) is 3.29. The van der Waals surface area contributed by atoms with Crippen LogP contribution in [0.4, 0.5) is 23.4 Å². The van der Waals surface area contributed by atoms with Gasteiger partial charge in [0.15, 0.2) is 17.5 Å². The summed E-state index contributed by atoms with van der Waals surface area (Å²) < 4.78 is 52.0. The predicted octanol–water partition coefficient (Wildman–Crippen LogP) is 2.68. The largest absolute Gasteiger partial charge is 0.405 e. The van der Waals surface area contributed by atoms with Crippen LogP contribution in [-0.4, -0.2) is 62.4 Å². The third kappa shape index (κ3) is 4.26. The Morgan fingerprint density at radius 1 is 1.39 bits per heavy atom. The minimum absolute atomic E-state index is 0. The van der Waals surface area contributed by atoms with Gasteiger partial charge in [0.25, 0.3) is 0 Å². The summed E-state index contributed by atoms with van der Waals surface area (Å²) in [5.74, 6) is -2.19. The molecule has 1 aliphatic heterocycles. The zero-order valence-electron chi connectivity index (χ0n) is 15.6. The lowest BCUT2D eigenvalue weighted by Crippen LogP contribution is -2.50. The number of amides is 1. The van der Waals surface area contributed by atoms with E-state index in [9.17, 15) is 27.5 Å². The fourth-order valence-electron chi connectivity index (χ4n) is 3.47. The summed E-state index contributed by atoms with van der Waals surface area (Å²) in [6.45, 7) is -1.55. The second kappa shape index (κ2) is 7.93. The Hall–Kier alpha value is -2.99. The summed E-state index contributed by atoms with van der Waals surface area (Å²) in [6, 6.07) is 0.188. The van der Waals surface area contributed by atoms with Crippen LogP contribution in [0.15, 0.2) is 24.7 Å². The van der Waals surface area contributed by atoms with Crippen LogP contribution in [0.3, 0.4) is 0 Å². The number of fused-ring (bicyclic) bond motifs is 1. The molecule has 31 heavy (non-hydrogen) atoms. The van der Waals surface area contributed by atoms with E-state index in [4.69, 9.17) is 11.6 Å². The predicted molar refractivity (Wildman–Crippen MR) is 105 cm³/mol. The number of nitrogens with one attached hydrogen (secondary N) is 2. The van der Waals surface area contributed by atoms with E-state index in [0.29, 0.717) is 21.6 Å².